The molecule has 3 aliphatic rings. The molecule has 38 heavy (non-hydrogen) atoms. The Hall–Kier alpha value is -3.85. The molecule has 0 radical (unpaired) electrons. The van der Waals surface area contributed by atoms with Crippen LogP contribution in [-0.4, -0.2) is 65.5 Å². The van der Waals surface area contributed by atoms with Gasteiger partial charge >= 0.3 is 6.03 Å². The molecule has 0 spiro atoms. The summed E-state index contributed by atoms with van der Waals surface area (Å²) >= 11 is 0. The van der Waals surface area contributed by atoms with Crippen molar-refractivity contribution in [2.24, 2.45) is 0 Å². The maximum atomic E-state index is 13.9. The number of urea groups is 1. The fraction of sp³-hybridized carbons (Fsp3) is 0.414. The van der Waals surface area contributed by atoms with Crippen molar-refractivity contribution >= 4 is 17.8 Å². The third-order valence-electron chi connectivity index (χ3n) is 7.45. The number of para-hydroxylation sites is 1. The highest BCUT2D eigenvalue weighted by Crippen LogP contribution is 2.39. The number of nitrogens with one attached hydrogen (secondary N) is 2. The summed E-state index contributed by atoms with van der Waals surface area (Å²) in [7, 11) is 0. The normalized spacial score (nSPS) is 21.4. The minimum Gasteiger partial charge on any atom is -0.457 e. The van der Waals surface area contributed by atoms with Gasteiger partial charge in [-0.3, -0.25) is 14.5 Å². The van der Waals surface area contributed by atoms with E-state index in [9.17, 15) is 14.4 Å². The van der Waals surface area contributed by atoms with Gasteiger partial charge in [0, 0.05) is 19.7 Å². The molecule has 0 unspecified atom stereocenters. The molecule has 9 heteroatoms. The summed E-state index contributed by atoms with van der Waals surface area (Å²) in [4.78, 5) is 43.4. The monoisotopic (exact) mass is 518 g/mol. The maximum Gasteiger partial charge on any atom is 0.322 e. The van der Waals surface area contributed by atoms with Crippen molar-refractivity contribution in [2.75, 3.05) is 26.2 Å². The van der Waals surface area contributed by atoms with E-state index >= 15 is 0 Å². The number of rotatable bonds is 8. The maximum absolute atomic E-state index is 13.9. The van der Waals surface area contributed by atoms with Gasteiger partial charge in [0.25, 0.3) is 5.91 Å². The summed E-state index contributed by atoms with van der Waals surface area (Å²) in [6.07, 6.45) is 1.90. The number of carbonyl (C=O) groups is 3. The van der Waals surface area contributed by atoms with Gasteiger partial charge in [0.15, 0.2) is 0 Å². The number of hydrogen-bond donors (Lipinski definition) is 2. The average Bonchev–Trinajstić information content (AvgIpc) is 3.56. The van der Waals surface area contributed by atoms with Crippen LogP contribution in [0.1, 0.15) is 45.2 Å². The molecule has 0 bridgehead atoms. The molecule has 0 saturated carbocycles. The molecule has 9 nitrogen and oxygen atoms in total. The fourth-order valence-electron chi connectivity index (χ4n) is 5.26. The molecule has 0 aromatic heterocycles. The lowest BCUT2D eigenvalue weighted by Gasteiger charge is -2.35. The zero-order valence-corrected chi connectivity index (χ0v) is 22.0. The van der Waals surface area contributed by atoms with Crippen LogP contribution in [0.3, 0.4) is 0 Å². The molecule has 2 N–H and O–H groups in total. The molecule has 2 atom stereocenters. The van der Waals surface area contributed by atoms with E-state index in [2.05, 4.69) is 10.6 Å². The quantitative estimate of drug-likeness (QED) is 0.555. The van der Waals surface area contributed by atoms with E-state index in [1.807, 2.05) is 61.5 Å². The Kier molecular flexibility index (Phi) is 7.12. The zero-order chi connectivity index (χ0) is 26.9. The molecule has 200 valence electrons. The van der Waals surface area contributed by atoms with Crippen LogP contribution in [0.15, 0.2) is 65.9 Å². The molecular weight excluding hydrogens is 484 g/mol. The minimum absolute atomic E-state index is 0.00234. The summed E-state index contributed by atoms with van der Waals surface area (Å²) in [6, 6.07) is 15.8. The van der Waals surface area contributed by atoms with Crippen molar-refractivity contribution in [2.45, 2.75) is 51.3 Å². The van der Waals surface area contributed by atoms with Gasteiger partial charge in [0.05, 0.1) is 30.0 Å². The highest BCUT2D eigenvalue weighted by Gasteiger charge is 2.49. The van der Waals surface area contributed by atoms with Crippen LogP contribution in [0.5, 0.6) is 11.5 Å². The smallest absolute Gasteiger partial charge is 0.322 e. The predicted molar refractivity (Wildman–Crippen MR) is 141 cm³/mol. The second-order valence-corrected chi connectivity index (χ2v) is 10.3. The van der Waals surface area contributed by atoms with Gasteiger partial charge in [-0.15, -0.1) is 0 Å². The zero-order valence-electron chi connectivity index (χ0n) is 22.0. The second-order valence-electron chi connectivity index (χ2n) is 10.3. The van der Waals surface area contributed by atoms with Crippen molar-refractivity contribution in [3.63, 3.8) is 0 Å². The van der Waals surface area contributed by atoms with Crippen molar-refractivity contribution in [1.29, 1.82) is 0 Å². The van der Waals surface area contributed by atoms with Crippen LogP contribution in [0.25, 0.3) is 0 Å². The van der Waals surface area contributed by atoms with Gasteiger partial charge in [-0.05, 0) is 63.4 Å². The lowest BCUT2D eigenvalue weighted by atomic mass is 9.95. The van der Waals surface area contributed by atoms with Crippen LogP contribution in [0.4, 0.5) is 4.79 Å². The van der Waals surface area contributed by atoms with Gasteiger partial charge in [-0.1, -0.05) is 30.3 Å². The van der Waals surface area contributed by atoms with Gasteiger partial charge < -0.3 is 25.0 Å². The van der Waals surface area contributed by atoms with E-state index < -0.39 is 11.6 Å². The molecule has 3 heterocycles. The summed E-state index contributed by atoms with van der Waals surface area (Å²) in [5.74, 6) is 0.765. The predicted octanol–water partition coefficient (Wildman–Crippen LogP) is 3.74. The molecule has 1 fully saturated rings. The van der Waals surface area contributed by atoms with E-state index in [4.69, 9.17) is 9.47 Å². The van der Waals surface area contributed by atoms with Gasteiger partial charge in [-0.25, -0.2) is 4.79 Å². The van der Waals surface area contributed by atoms with E-state index in [0.29, 0.717) is 42.5 Å². The molecule has 3 aliphatic heterocycles. The van der Waals surface area contributed by atoms with Gasteiger partial charge in [0.2, 0.25) is 5.91 Å². The van der Waals surface area contributed by atoms with Crippen LogP contribution < -0.4 is 15.4 Å². The summed E-state index contributed by atoms with van der Waals surface area (Å²) < 4.78 is 11.6. The van der Waals surface area contributed by atoms with E-state index in [1.165, 1.54) is 0 Å². The summed E-state index contributed by atoms with van der Waals surface area (Å²) in [5, 5.41) is 5.96. The van der Waals surface area contributed by atoms with Gasteiger partial charge in [-0.2, -0.15) is 0 Å². The molecule has 1 saturated heterocycles. The summed E-state index contributed by atoms with van der Waals surface area (Å²) in [6.45, 7) is 7.04. The van der Waals surface area contributed by atoms with E-state index in [0.717, 1.165) is 18.4 Å². The first-order chi connectivity index (χ1) is 18.3. The van der Waals surface area contributed by atoms with Crippen molar-refractivity contribution in [1.82, 2.24) is 20.4 Å². The van der Waals surface area contributed by atoms with Crippen molar-refractivity contribution < 1.29 is 23.9 Å². The van der Waals surface area contributed by atoms with Crippen LogP contribution >= 0.6 is 0 Å². The number of nitrogens with zero attached hydrogens (tertiary/aromatic N) is 2. The van der Waals surface area contributed by atoms with E-state index in [1.54, 1.807) is 23.6 Å². The lowest BCUT2D eigenvalue weighted by Crippen LogP contribution is -2.57. The minimum atomic E-state index is -1.13. The highest BCUT2D eigenvalue weighted by atomic mass is 16.5. The number of ether oxygens (including phenoxy) is 2. The molecule has 2 aromatic rings. The molecule has 4 amide bonds. The first-order valence-electron chi connectivity index (χ1n) is 13.2. The third kappa shape index (κ3) is 4.86. The fourth-order valence-corrected chi connectivity index (χ4v) is 5.26. The standard InChI is InChI=1S/C29H34N4O5/c1-4-32-23-18-33(29(2,3)27(35)30-17-22-14-9-15-37-22)26(34)24(23)25(31-28(32)36)19-10-8-13-21(16-19)38-20-11-6-5-7-12-20/h5-8,10-13,16,22,25H,4,9,14-15,17-18H2,1-3H3,(H,30,35)(H,31,36)/t22-,25-/m1/s1. The van der Waals surface area contributed by atoms with Crippen molar-refractivity contribution in [3.8, 4) is 11.5 Å². The second kappa shape index (κ2) is 10.5. The molecule has 5 rings (SSSR count). The Morgan fingerprint density at radius 3 is 2.61 bits per heavy atom. The third-order valence-corrected chi connectivity index (χ3v) is 7.45. The van der Waals surface area contributed by atoms with Crippen LogP contribution in [0.2, 0.25) is 0 Å². The largest absolute Gasteiger partial charge is 0.457 e. The Bertz CT molecular complexity index is 1250. The van der Waals surface area contributed by atoms with Crippen LogP contribution in [-0.2, 0) is 14.3 Å². The number of hydrogen-bond acceptors (Lipinski definition) is 5. The Labute approximate surface area is 222 Å². The Morgan fingerprint density at radius 1 is 1.13 bits per heavy atom. The Morgan fingerprint density at radius 2 is 1.89 bits per heavy atom. The molecule has 0 aliphatic carbocycles. The summed E-state index contributed by atoms with van der Waals surface area (Å²) in [5.41, 5.74) is 0.702. The number of carbonyl (C=O) groups excluding carboxylic acids is 3. The van der Waals surface area contributed by atoms with Crippen LogP contribution in [0, 0.1) is 0 Å². The highest BCUT2D eigenvalue weighted by molar-refractivity contribution is 6.04. The average molecular weight is 519 g/mol. The SMILES string of the molecule is CCN1C(=O)N[C@H](c2cccc(Oc3ccccc3)c2)C2=C1CN(C(C)(C)C(=O)NC[C@H]1CCCO1)C2=O. The topological polar surface area (TPSA) is 100 Å². The number of benzene rings is 2. The Balaban J connectivity index is 1.41. The molecule has 2 aromatic carbocycles. The number of likely N-dealkylation sites (N-methyl/N-ethyl adjacent to an activating group) is 1. The first kappa shape index (κ1) is 25.8. The van der Waals surface area contributed by atoms with Gasteiger partial charge in [0.1, 0.15) is 17.0 Å². The first-order valence-corrected chi connectivity index (χ1v) is 13.2. The lowest BCUT2D eigenvalue weighted by molar-refractivity contribution is -0.142. The van der Waals surface area contributed by atoms with E-state index in [-0.39, 0.29) is 30.5 Å². The number of amides is 4. The molecular formula is C29H34N4O5. The van der Waals surface area contributed by atoms with Crippen molar-refractivity contribution in [3.05, 3.63) is 71.4 Å².